The Balaban J connectivity index is 2.30. The summed E-state index contributed by atoms with van der Waals surface area (Å²) in [6.45, 7) is 1.98. The Morgan fingerprint density at radius 1 is 1.29 bits per heavy atom. The number of halogens is 1. The molecule has 0 amide bonds. The molecule has 0 saturated carbocycles. The van der Waals surface area contributed by atoms with Crippen molar-refractivity contribution in [3.8, 4) is 5.75 Å². The number of carbonyl (C=O) groups is 1. The van der Waals surface area contributed by atoms with E-state index < -0.39 is 0 Å². The van der Waals surface area contributed by atoms with Crippen LogP contribution in [0.5, 0.6) is 5.75 Å². The lowest BCUT2D eigenvalue weighted by Gasteiger charge is -2.01. The van der Waals surface area contributed by atoms with Crippen LogP contribution in [0.4, 0.5) is 0 Å². The molecule has 0 aliphatic carbocycles. The lowest BCUT2D eigenvalue weighted by Crippen LogP contribution is -1.98. The molecule has 0 atom stereocenters. The molecule has 1 aromatic carbocycles. The van der Waals surface area contributed by atoms with Crippen molar-refractivity contribution in [1.82, 2.24) is 0 Å². The zero-order valence-electron chi connectivity index (χ0n) is 9.49. The van der Waals surface area contributed by atoms with Crippen LogP contribution in [0.3, 0.4) is 0 Å². The average molecular weight is 311 g/mol. The van der Waals surface area contributed by atoms with Gasteiger partial charge in [-0.3, -0.25) is 4.79 Å². The summed E-state index contributed by atoms with van der Waals surface area (Å²) in [7, 11) is 1.61. The van der Waals surface area contributed by atoms with Gasteiger partial charge in [0.15, 0.2) is 0 Å². The predicted octanol–water partition coefficient (Wildman–Crippen LogP) is 4.06. The van der Waals surface area contributed by atoms with E-state index in [2.05, 4.69) is 15.9 Å². The lowest BCUT2D eigenvalue weighted by atomic mass is 10.1. The van der Waals surface area contributed by atoms with Crippen LogP contribution in [0.2, 0.25) is 0 Å². The standard InChI is InChI=1S/C13H11BrO2S/c1-8-7-11(17-13(8)14)12(15)9-3-5-10(16-2)6-4-9/h3-7H,1-2H3. The highest BCUT2D eigenvalue weighted by Crippen LogP contribution is 2.29. The first kappa shape index (κ1) is 12.3. The molecule has 2 aromatic rings. The first-order chi connectivity index (χ1) is 8.11. The molecule has 0 aliphatic heterocycles. The van der Waals surface area contributed by atoms with Gasteiger partial charge in [-0.15, -0.1) is 11.3 Å². The fourth-order valence-corrected chi connectivity index (χ4v) is 2.95. The van der Waals surface area contributed by atoms with Gasteiger partial charge in [0.1, 0.15) is 5.75 Å². The first-order valence-corrected chi connectivity index (χ1v) is 6.67. The van der Waals surface area contributed by atoms with Crippen molar-refractivity contribution in [2.75, 3.05) is 7.11 Å². The summed E-state index contributed by atoms with van der Waals surface area (Å²) in [5.41, 5.74) is 1.77. The smallest absolute Gasteiger partial charge is 0.202 e. The van der Waals surface area contributed by atoms with Gasteiger partial charge < -0.3 is 4.74 Å². The molecule has 0 spiro atoms. The molecule has 17 heavy (non-hydrogen) atoms. The van der Waals surface area contributed by atoms with Crippen molar-refractivity contribution in [3.05, 3.63) is 50.1 Å². The number of hydrogen-bond donors (Lipinski definition) is 0. The first-order valence-electron chi connectivity index (χ1n) is 5.06. The number of ether oxygens (including phenoxy) is 1. The maximum Gasteiger partial charge on any atom is 0.202 e. The van der Waals surface area contributed by atoms with E-state index in [9.17, 15) is 4.79 Å². The highest BCUT2D eigenvalue weighted by atomic mass is 79.9. The third-order valence-corrected chi connectivity index (χ3v) is 4.57. The molecule has 0 bridgehead atoms. The number of hydrogen-bond acceptors (Lipinski definition) is 3. The molecular formula is C13H11BrO2S. The molecule has 0 saturated heterocycles. The molecule has 0 N–H and O–H groups in total. The summed E-state index contributed by atoms with van der Waals surface area (Å²) in [4.78, 5) is 12.9. The quantitative estimate of drug-likeness (QED) is 0.799. The fraction of sp³-hybridized carbons (Fsp3) is 0.154. The van der Waals surface area contributed by atoms with Crippen LogP contribution in [0.1, 0.15) is 20.8 Å². The molecule has 2 rings (SSSR count). The number of aryl methyl sites for hydroxylation is 1. The van der Waals surface area contributed by atoms with Crippen molar-refractivity contribution >= 4 is 33.0 Å². The minimum Gasteiger partial charge on any atom is -0.497 e. The minimum absolute atomic E-state index is 0.0476. The van der Waals surface area contributed by atoms with Gasteiger partial charge in [0.05, 0.1) is 15.8 Å². The second-order valence-corrected chi connectivity index (χ2v) is 6.00. The monoisotopic (exact) mass is 310 g/mol. The van der Waals surface area contributed by atoms with E-state index in [4.69, 9.17) is 4.74 Å². The molecule has 1 heterocycles. The number of carbonyl (C=O) groups excluding carboxylic acids is 1. The van der Waals surface area contributed by atoms with E-state index in [0.29, 0.717) is 5.56 Å². The zero-order chi connectivity index (χ0) is 12.4. The maximum atomic E-state index is 12.2. The minimum atomic E-state index is 0.0476. The number of benzene rings is 1. The second kappa shape index (κ2) is 5.02. The van der Waals surface area contributed by atoms with Crippen molar-refractivity contribution in [1.29, 1.82) is 0 Å². The van der Waals surface area contributed by atoms with Crippen molar-refractivity contribution in [2.24, 2.45) is 0 Å². The van der Waals surface area contributed by atoms with Gasteiger partial charge >= 0.3 is 0 Å². The SMILES string of the molecule is COc1ccc(C(=O)c2cc(C)c(Br)s2)cc1. The van der Waals surface area contributed by atoms with Crippen LogP contribution in [0.15, 0.2) is 34.1 Å². The molecule has 0 fully saturated rings. The Morgan fingerprint density at radius 2 is 1.94 bits per heavy atom. The molecule has 2 nitrogen and oxygen atoms in total. The summed E-state index contributed by atoms with van der Waals surface area (Å²) in [5.74, 6) is 0.802. The van der Waals surface area contributed by atoms with Gasteiger partial charge in [0, 0.05) is 5.56 Å². The van der Waals surface area contributed by atoms with E-state index in [1.54, 1.807) is 31.4 Å². The largest absolute Gasteiger partial charge is 0.497 e. The van der Waals surface area contributed by atoms with Crippen LogP contribution in [-0.2, 0) is 0 Å². The van der Waals surface area contributed by atoms with E-state index in [-0.39, 0.29) is 5.78 Å². The number of thiophene rings is 1. The predicted molar refractivity (Wildman–Crippen MR) is 73.2 cm³/mol. The molecule has 88 valence electrons. The molecule has 0 unspecified atom stereocenters. The fourth-order valence-electron chi connectivity index (χ4n) is 1.46. The summed E-state index contributed by atoms with van der Waals surface area (Å²) in [5, 5.41) is 0. The molecule has 1 aromatic heterocycles. The summed E-state index contributed by atoms with van der Waals surface area (Å²) < 4.78 is 6.07. The number of rotatable bonds is 3. The highest BCUT2D eigenvalue weighted by Gasteiger charge is 2.13. The van der Waals surface area contributed by atoms with E-state index in [1.807, 2.05) is 13.0 Å². The van der Waals surface area contributed by atoms with E-state index >= 15 is 0 Å². The lowest BCUT2D eigenvalue weighted by molar-refractivity contribution is 0.104. The maximum absolute atomic E-state index is 12.2. The molecule has 4 heteroatoms. The normalized spacial score (nSPS) is 10.3. The van der Waals surface area contributed by atoms with Gasteiger partial charge in [-0.2, -0.15) is 0 Å². The van der Waals surface area contributed by atoms with Crippen molar-refractivity contribution in [2.45, 2.75) is 6.92 Å². The number of ketones is 1. The van der Waals surface area contributed by atoms with Crippen LogP contribution in [0.25, 0.3) is 0 Å². The Kier molecular flexibility index (Phi) is 3.64. The molecule has 0 radical (unpaired) electrons. The Hall–Kier alpha value is -1.13. The van der Waals surface area contributed by atoms with Gasteiger partial charge in [0.2, 0.25) is 5.78 Å². The summed E-state index contributed by atoms with van der Waals surface area (Å²) in [6, 6.07) is 9.06. The van der Waals surface area contributed by atoms with Gasteiger partial charge in [-0.25, -0.2) is 0 Å². The van der Waals surface area contributed by atoms with E-state index in [0.717, 1.165) is 20.0 Å². The van der Waals surface area contributed by atoms with Gasteiger partial charge in [-0.1, -0.05) is 0 Å². The van der Waals surface area contributed by atoms with Crippen LogP contribution in [-0.4, -0.2) is 12.9 Å². The molecular weight excluding hydrogens is 300 g/mol. The topological polar surface area (TPSA) is 26.3 Å². The average Bonchev–Trinajstić information content (AvgIpc) is 2.69. The van der Waals surface area contributed by atoms with Crippen LogP contribution < -0.4 is 4.74 Å². The van der Waals surface area contributed by atoms with Gasteiger partial charge in [-0.05, 0) is 58.7 Å². The van der Waals surface area contributed by atoms with Crippen LogP contribution >= 0.6 is 27.3 Å². The van der Waals surface area contributed by atoms with E-state index in [1.165, 1.54) is 11.3 Å². The number of methoxy groups -OCH3 is 1. The zero-order valence-corrected chi connectivity index (χ0v) is 11.9. The summed E-state index contributed by atoms with van der Waals surface area (Å²) in [6.07, 6.45) is 0. The highest BCUT2D eigenvalue weighted by molar-refractivity contribution is 9.11. The Labute approximate surface area is 112 Å². The van der Waals surface area contributed by atoms with Gasteiger partial charge in [0.25, 0.3) is 0 Å². The third kappa shape index (κ3) is 2.58. The van der Waals surface area contributed by atoms with Crippen molar-refractivity contribution < 1.29 is 9.53 Å². The third-order valence-electron chi connectivity index (χ3n) is 2.43. The summed E-state index contributed by atoms with van der Waals surface area (Å²) >= 11 is 4.89. The second-order valence-electron chi connectivity index (χ2n) is 3.62. The Bertz CT molecular complexity index is 524. The van der Waals surface area contributed by atoms with Crippen molar-refractivity contribution in [3.63, 3.8) is 0 Å². The van der Waals surface area contributed by atoms with Crippen LogP contribution in [0, 0.1) is 6.92 Å². The molecule has 0 aliphatic rings. The Morgan fingerprint density at radius 3 is 2.41 bits per heavy atom.